The second-order valence-corrected chi connectivity index (χ2v) is 6.99. The van der Waals surface area contributed by atoms with Crippen molar-refractivity contribution < 1.29 is 9.90 Å². The first kappa shape index (κ1) is 16.6. The minimum atomic E-state index is 0.108. The second-order valence-electron chi connectivity index (χ2n) is 6.99. The van der Waals surface area contributed by atoms with E-state index in [0.717, 1.165) is 48.8 Å². The number of aromatic hydroxyl groups is 1. The van der Waals surface area contributed by atoms with Crippen LogP contribution >= 0.6 is 0 Å². The van der Waals surface area contributed by atoms with Gasteiger partial charge in [-0.25, -0.2) is 4.98 Å². The van der Waals surface area contributed by atoms with Crippen LogP contribution in [0, 0.1) is 0 Å². The first-order valence-electron chi connectivity index (χ1n) is 9.23. The smallest absolute Gasteiger partial charge is 0.254 e. The number of fused-ring (bicyclic) bond motifs is 1. The maximum atomic E-state index is 13.1. The van der Waals surface area contributed by atoms with Crippen LogP contribution < -0.4 is 0 Å². The molecule has 2 heterocycles. The van der Waals surface area contributed by atoms with Gasteiger partial charge >= 0.3 is 0 Å². The normalized spacial score (nSPS) is 17.5. The van der Waals surface area contributed by atoms with E-state index in [-0.39, 0.29) is 17.7 Å². The van der Waals surface area contributed by atoms with E-state index in [9.17, 15) is 9.90 Å². The molecule has 1 saturated heterocycles. The molecule has 4 rings (SSSR count). The lowest BCUT2D eigenvalue weighted by Gasteiger charge is -2.36. The molecule has 26 heavy (non-hydrogen) atoms. The molecule has 1 aliphatic heterocycles. The highest BCUT2D eigenvalue weighted by atomic mass is 16.3. The number of imidazole rings is 1. The summed E-state index contributed by atoms with van der Waals surface area (Å²) in [6.45, 7) is 0.820. The number of benzene rings is 2. The Hall–Kier alpha value is -2.82. The molecule has 2 N–H and O–H groups in total. The zero-order chi connectivity index (χ0) is 17.9. The Balaban J connectivity index is 1.48. The van der Waals surface area contributed by atoms with E-state index in [0.29, 0.717) is 0 Å². The van der Waals surface area contributed by atoms with Gasteiger partial charge in [0.25, 0.3) is 5.91 Å². The van der Waals surface area contributed by atoms with Crippen molar-refractivity contribution in [3.63, 3.8) is 0 Å². The van der Waals surface area contributed by atoms with Gasteiger partial charge in [-0.05, 0) is 68.0 Å². The molecule has 134 valence electrons. The predicted octanol–water partition coefficient (Wildman–Crippen LogP) is 3.90. The number of hydrogen-bond acceptors (Lipinski definition) is 3. The minimum absolute atomic E-state index is 0.108. The molecule has 1 fully saturated rings. The van der Waals surface area contributed by atoms with Crippen LogP contribution in [0.5, 0.6) is 5.75 Å². The van der Waals surface area contributed by atoms with Crippen molar-refractivity contribution in [1.29, 1.82) is 0 Å². The topological polar surface area (TPSA) is 69.2 Å². The van der Waals surface area contributed by atoms with Gasteiger partial charge in [0.2, 0.25) is 0 Å². The molecule has 5 heteroatoms. The highest BCUT2D eigenvalue weighted by molar-refractivity contribution is 5.97. The Labute approximate surface area is 152 Å². The van der Waals surface area contributed by atoms with Crippen LogP contribution in [0.25, 0.3) is 11.0 Å². The second kappa shape index (κ2) is 7.20. The number of hydrogen-bond donors (Lipinski definition) is 2. The van der Waals surface area contributed by atoms with Crippen LogP contribution in [-0.4, -0.2) is 38.5 Å². The fraction of sp³-hybridized carbons (Fsp3) is 0.333. The Bertz CT molecular complexity index is 901. The lowest BCUT2D eigenvalue weighted by Crippen LogP contribution is -2.44. The predicted molar refractivity (Wildman–Crippen MR) is 101 cm³/mol. The highest BCUT2D eigenvalue weighted by Crippen LogP contribution is 2.24. The number of aromatic amines is 1. The van der Waals surface area contributed by atoms with Gasteiger partial charge in [0, 0.05) is 18.2 Å². The summed E-state index contributed by atoms with van der Waals surface area (Å²) in [4.78, 5) is 22.4. The number of piperidine rings is 1. The summed E-state index contributed by atoms with van der Waals surface area (Å²) in [7, 11) is 0. The highest BCUT2D eigenvalue weighted by Gasteiger charge is 2.27. The maximum Gasteiger partial charge on any atom is 0.254 e. The first-order valence-corrected chi connectivity index (χ1v) is 9.23. The quantitative estimate of drug-likeness (QED) is 0.751. The van der Waals surface area contributed by atoms with Gasteiger partial charge in [0.15, 0.2) is 0 Å². The molecular formula is C21H23N3O2. The van der Waals surface area contributed by atoms with Crippen molar-refractivity contribution in [2.24, 2.45) is 0 Å². The van der Waals surface area contributed by atoms with E-state index in [4.69, 9.17) is 0 Å². The van der Waals surface area contributed by atoms with Crippen molar-refractivity contribution >= 4 is 16.9 Å². The molecule has 3 aromatic rings. The summed E-state index contributed by atoms with van der Waals surface area (Å²) < 4.78 is 0. The van der Waals surface area contributed by atoms with Crippen LogP contribution in [0.4, 0.5) is 0 Å². The van der Waals surface area contributed by atoms with E-state index >= 15 is 0 Å². The number of H-pyrrole nitrogens is 1. The Kier molecular flexibility index (Phi) is 4.61. The van der Waals surface area contributed by atoms with E-state index in [1.54, 1.807) is 18.5 Å². The number of carbonyl (C=O) groups is 1. The number of nitrogens with zero attached hydrogens (tertiary/aromatic N) is 2. The van der Waals surface area contributed by atoms with Gasteiger partial charge in [-0.15, -0.1) is 0 Å². The average Bonchev–Trinajstić information content (AvgIpc) is 3.15. The fourth-order valence-electron chi connectivity index (χ4n) is 3.80. The molecule has 0 radical (unpaired) electrons. The third-order valence-electron chi connectivity index (χ3n) is 5.26. The number of phenols is 1. The zero-order valence-electron chi connectivity index (χ0n) is 14.7. The molecule has 5 nitrogen and oxygen atoms in total. The maximum absolute atomic E-state index is 13.1. The summed E-state index contributed by atoms with van der Waals surface area (Å²) in [5.41, 5.74) is 3.69. The van der Waals surface area contributed by atoms with Gasteiger partial charge in [-0.3, -0.25) is 4.79 Å². The largest absolute Gasteiger partial charge is 0.508 e. The number of aryl methyl sites for hydroxylation is 1. The molecule has 0 bridgehead atoms. The summed E-state index contributed by atoms with van der Waals surface area (Å²) in [6, 6.07) is 13.3. The monoisotopic (exact) mass is 349 g/mol. The number of nitrogens with one attached hydrogen (secondary N) is 1. The fourth-order valence-corrected chi connectivity index (χ4v) is 3.80. The van der Waals surface area contributed by atoms with E-state index in [1.807, 2.05) is 35.2 Å². The lowest BCUT2D eigenvalue weighted by atomic mass is 9.95. The molecule has 1 aliphatic rings. The molecule has 0 spiro atoms. The number of carbonyl (C=O) groups excluding carboxylic acids is 1. The summed E-state index contributed by atoms with van der Waals surface area (Å²) in [5, 5.41) is 9.41. The number of amides is 1. The van der Waals surface area contributed by atoms with Crippen molar-refractivity contribution in [2.45, 2.75) is 38.1 Å². The molecular weight excluding hydrogens is 326 g/mol. The Morgan fingerprint density at radius 3 is 2.88 bits per heavy atom. The van der Waals surface area contributed by atoms with Gasteiger partial charge in [-0.1, -0.05) is 12.1 Å². The number of likely N-dealkylation sites (tertiary alicyclic amines) is 1. The molecule has 1 aromatic heterocycles. The molecule has 0 aliphatic carbocycles. The van der Waals surface area contributed by atoms with Gasteiger partial charge in [-0.2, -0.15) is 0 Å². The lowest BCUT2D eigenvalue weighted by molar-refractivity contribution is 0.0602. The number of rotatable bonds is 4. The van der Waals surface area contributed by atoms with Crippen molar-refractivity contribution in [1.82, 2.24) is 14.9 Å². The van der Waals surface area contributed by atoms with Crippen molar-refractivity contribution in [3.05, 3.63) is 59.9 Å². The standard InChI is InChI=1S/C21H23N3O2/c25-18-9-5-15(6-10-18)4-8-17-3-1-2-12-24(17)21(26)16-7-11-19-20(13-16)23-14-22-19/h5-7,9-11,13-14,17,25H,1-4,8,12H2,(H,22,23)/t17-/m1/s1. The molecule has 0 unspecified atom stereocenters. The third kappa shape index (κ3) is 3.43. The van der Waals surface area contributed by atoms with Crippen LogP contribution in [-0.2, 0) is 6.42 Å². The van der Waals surface area contributed by atoms with Crippen molar-refractivity contribution in [3.8, 4) is 5.75 Å². The van der Waals surface area contributed by atoms with Gasteiger partial charge in [0.1, 0.15) is 5.75 Å². The van der Waals surface area contributed by atoms with Gasteiger partial charge in [0.05, 0.1) is 17.4 Å². The summed E-state index contributed by atoms with van der Waals surface area (Å²) >= 11 is 0. The van der Waals surface area contributed by atoms with Gasteiger partial charge < -0.3 is 15.0 Å². The first-order chi connectivity index (χ1) is 12.7. The number of phenolic OH excluding ortho intramolecular Hbond substituents is 1. The van der Waals surface area contributed by atoms with E-state index in [2.05, 4.69) is 9.97 Å². The molecule has 2 aromatic carbocycles. The molecule has 1 amide bonds. The third-order valence-corrected chi connectivity index (χ3v) is 5.26. The summed E-state index contributed by atoms with van der Waals surface area (Å²) in [5.74, 6) is 0.398. The Morgan fingerprint density at radius 1 is 1.19 bits per heavy atom. The number of aromatic nitrogens is 2. The molecule has 1 atom stereocenters. The minimum Gasteiger partial charge on any atom is -0.508 e. The van der Waals surface area contributed by atoms with Crippen LogP contribution in [0.3, 0.4) is 0 Å². The summed E-state index contributed by atoms with van der Waals surface area (Å²) in [6.07, 6.45) is 6.80. The molecule has 0 saturated carbocycles. The SMILES string of the molecule is O=C(c1ccc2nc[nH]c2c1)N1CCCC[C@@H]1CCc1ccc(O)cc1. The Morgan fingerprint density at radius 2 is 2.04 bits per heavy atom. The van der Waals surface area contributed by atoms with Crippen LogP contribution in [0.2, 0.25) is 0 Å². The van der Waals surface area contributed by atoms with E-state index in [1.165, 1.54) is 12.0 Å². The van der Waals surface area contributed by atoms with Crippen LogP contribution in [0.1, 0.15) is 41.6 Å². The zero-order valence-corrected chi connectivity index (χ0v) is 14.7. The average molecular weight is 349 g/mol. The van der Waals surface area contributed by atoms with E-state index < -0.39 is 0 Å². The van der Waals surface area contributed by atoms with Crippen LogP contribution in [0.15, 0.2) is 48.8 Å². The van der Waals surface area contributed by atoms with Crippen molar-refractivity contribution in [2.75, 3.05) is 6.54 Å².